The molecule has 2 aliphatic heterocycles. The molecule has 0 bridgehead atoms. The van der Waals surface area contributed by atoms with Crippen LogP contribution in [0.25, 0.3) is 11.0 Å². The summed E-state index contributed by atoms with van der Waals surface area (Å²) in [7, 11) is 3.72. The molecule has 1 fully saturated rings. The van der Waals surface area contributed by atoms with E-state index < -0.39 is 5.92 Å². The molecule has 2 unspecified atom stereocenters. The SMILES string of the molecule is CN=C1NC(C2CN(C)CCO2)=C(C#N)C(c2cccc3nonc23)/C1=C/N. The number of nitrogens with two attached hydrogens (primary N) is 1. The van der Waals surface area contributed by atoms with Gasteiger partial charge in [0.2, 0.25) is 0 Å². The molecular formula is C19H21N7O2. The molecule has 4 rings (SSSR count). The van der Waals surface area contributed by atoms with Crippen molar-refractivity contribution >= 4 is 16.9 Å². The Balaban J connectivity index is 1.93. The minimum atomic E-state index is -0.448. The van der Waals surface area contributed by atoms with Gasteiger partial charge in [-0.2, -0.15) is 5.26 Å². The van der Waals surface area contributed by atoms with E-state index in [0.29, 0.717) is 46.9 Å². The van der Waals surface area contributed by atoms with Crippen molar-refractivity contribution in [1.82, 2.24) is 20.5 Å². The largest absolute Gasteiger partial charge is 0.404 e. The van der Waals surface area contributed by atoms with E-state index in [1.54, 1.807) is 7.05 Å². The number of ether oxygens (including phenoxy) is 1. The number of likely N-dealkylation sites (N-methyl/N-ethyl adjacent to an activating group) is 1. The van der Waals surface area contributed by atoms with Gasteiger partial charge in [0.25, 0.3) is 0 Å². The highest BCUT2D eigenvalue weighted by atomic mass is 16.6. The van der Waals surface area contributed by atoms with Crippen LogP contribution in [0.4, 0.5) is 0 Å². The minimum Gasteiger partial charge on any atom is -0.404 e. The summed E-state index contributed by atoms with van der Waals surface area (Å²) in [5.74, 6) is 0.156. The molecule has 1 aromatic carbocycles. The predicted octanol–water partition coefficient (Wildman–Crippen LogP) is 0.889. The van der Waals surface area contributed by atoms with Crippen molar-refractivity contribution in [1.29, 1.82) is 5.26 Å². The third-order valence-electron chi connectivity index (χ3n) is 5.16. The summed E-state index contributed by atoms with van der Waals surface area (Å²) in [6.45, 7) is 2.12. The number of nitriles is 1. The Hall–Kier alpha value is -3.22. The number of nitrogens with zero attached hydrogens (tertiary/aromatic N) is 5. The second kappa shape index (κ2) is 7.42. The zero-order valence-corrected chi connectivity index (χ0v) is 15.7. The minimum absolute atomic E-state index is 0.262. The fraction of sp³-hybridized carbons (Fsp3) is 0.368. The lowest BCUT2D eigenvalue weighted by atomic mass is 9.79. The number of nitrogens with one attached hydrogen (secondary N) is 1. The summed E-state index contributed by atoms with van der Waals surface area (Å²) in [5, 5.41) is 21.4. The number of allylic oxidation sites excluding steroid dienone is 1. The number of aromatic nitrogens is 2. The van der Waals surface area contributed by atoms with Gasteiger partial charge in [-0.05, 0) is 29.0 Å². The summed E-state index contributed by atoms with van der Waals surface area (Å²) in [4.78, 5) is 6.53. The van der Waals surface area contributed by atoms with Crippen LogP contribution in [0.5, 0.6) is 0 Å². The predicted molar refractivity (Wildman–Crippen MR) is 103 cm³/mol. The first-order valence-electron chi connectivity index (χ1n) is 8.99. The molecule has 1 saturated heterocycles. The lowest BCUT2D eigenvalue weighted by Gasteiger charge is -2.37. The van der Waals surface area contributed by atoms with Crippen LogP contribution in [-0.2, 0) is 4.74 Å². The maximum atomic E-state index is 10.1. The zero-order valence-electron chi connectivity index (χ0n) is 15.7. The van der Waals surface area contributed by atoms with Crippen molar-refractivity contribution in [2.24, 2.45) is 10.7 Å². The number of hydrogen-bond acceptors (Lipinski definition) is 8. The molecule has 0 amide bonds. The molecule has 1 aromatic heterocycles. The van der Waals surface area contributed by atoms with E-state index in [0.717, 1.165) is 12.1 Å². The monoisotopic (exact) mass is 379 g/mol. The third kappa shape index (κ3) is 2.93. The Bertz CT molecular complexity index is 1030. The maximum Gasteiger partial charge on any atom is 0.139 e. The van der Waals surface area contributed by atoms with Crippen molar-refractivity contribution in [2.75, 3.05) is 33.8 Å². The molecular weight excluding hydrogens is 358 g/mol. The van der Waals surface area contributed by atoms with Gasteiger partial charge in [0.05, 0.1) is 29.9 Å². The van der Waals surface area contributed by atoms with Crippen LogP contribution in [-0.4, -0.2) is 60.9 Å². The maximum absolute atomic E-state index is 10.1. The molecule has 0 aliphatic carbocycles. The molecule has 144 valence electrons. The van der Waals surface area contributed by atoms with Gasteiger partial charge in [-0.15, -0.1) is 0 Å². The van der Waals surface area contributed by atoms with Gasteiger partial charge in [0.1, 0.15) is 23.0 Å². The Kier molecular flexibility index (Phi) is 4.81. The fourth-order valence-electron chi connectivity index (χ4n) is 3.79. The number of hydrogen-bond donors (Lipinski definition) is 2. The summed E-state index contributed by atoms with van der Waals surface area (Å²) in [5.41, 5.74) is 9.90. The van der Waals surface area contributed by atoms with Crippen LogP contribution in [0.15, 0.2) is 50.9 Å². The molecule has 0 spiro atoms. The van der Waals surface area contributed by atoms with Crippen LogP contribution in [0, 0.1) is 11.3 Å². The second-order valence-electron chi connectivity index (χ2n) is 6.79. The molecule has 2 atom stereocenters. The van der Waals surface area contributed by atoms with E-state index in [9.17, 15) is 5.26 Å². The first-order chi connectivity index (χ1) is 13.7. The number of rotatable bonds is 2. The average Bonchev–Trinajstić information content (AvgIpc) is 3.21. The Morgan fingerprint density at radius 2 is 2.29 bits per heavy atom. The number of fused-ring (bicyclic) bond motifs is 1. The quantitative estimate of drug-likeness (QED) is 0.788. The molecule has 2 aromatic rings. The molecule has 3 N–H and O–H groups in total. The van der Waals surface area contributed by atoms with Gasteiger partial charge in [0.15, 0.2) is 0 Å². The van der Waals surface area contributed by atoms with Gasteiger partial charge in [-0.25, -0.2) is 4.63 Å². The van der Waals surface area contributed by atoms with Crippen molar-refractivity contribution in [3.05, 3.63) is 46.8 Å². The molecule has 0 radical (unpaired) electrons. The van der Waals surface area contributed by atoms with Crippen molar-refractivity contribution in [3.63, 3.8) is 0 Å². The number of morpholine rings is 1. The normalized spacial score (nSPS) is 26.6. The molecule has 3 heterocycles. The van der Waals surface area contributed by atoms with E-state index in [2.05, 4.69) is 31.6 Å². The summed E-state index contributed by atoms with van der Waals surface area (Å²) < 4.78 is 10.9. The molecule has 9 nitrogen and oxygen atoms in total. The van der Waals surface area contributed by atoms with Crippen LogP contribution < -0.4 is 11.1 Å². The smallest absolute Gasteiger partial charge is 0.139 e. The lowest BCUT2D eigenvalue weighted by molar-refractivity contribution is -0.00189. The highest BCUT2D eigenvalue weighted by Crippen LogP contribution is 2.40. The van der Waals surface area contributed by atoms with Crippen LogP contribution >= 0.6 is 0 Å². The average molecular weight is 379 g/mol. The highest BCUT2D eigenvalue weighted by molar-refractivity contribution is 6.04. The second-order valence-corrected chi connectivity index (χ2v) is 6.79. The van der Waals surface area contributed by atoms with E-state index >= 15 is 0 Å². The molecule has 9 heteroatoms. The van der Waals surface area contributed by atoms with Gasteiger partial charge < -0.3 is 20.7 Å². The number of amidine groups is 1. The van der Waals surface area contributed by atoms with Crippen molar-refractivity contribution in [3.8, 4) is 6.07 Å². The van der Waals surface area contributed by atoms with E-state index in [1.807, 2.05) is 25.2 Å². The number of benzene rings is 1. The summed E-state index contributed by atoms with van der Waals surface area (Å²) in [6, 6.07) is 7.95. The highest BCUT2D eigenvalue weighted by Gasteiger charge is 2.38. The lowest BCUT2D eigenvalue weighted by Crippen LogP contribution is -2.47. The topological polar surface area (TPSA) is 126 Å². The van der Waals surface area contributed by atoms with Crippen LogP contribution in [0.2, 0.25) is 0 Å². The van der Waals surface area contributed by atoms with Gasteiger partial charge >= 0.3 is 0 Å². The first kappa shape index (κ1) is 18.2. The van der Waals surface area contributed by atoms with Crippen LogP contribution in [0.3, 0.4) is 0 Å². The van der Waals surface area contributed by atoms with Crippen molar-refractivity contribution in [2.45, 2.75) is 12.0 Å². The molecule has 28 heavy (non-hydrogen) atoms. The summed E-state index contributed by atoms with van der Waals surface area (Å²) in [6.07, 6.45) is 1.22. The number of aliphatic imine (C=N–C) groups is 1. The Morgan fingerprint density at radius 3 is 3.00 bits per heavy atom. The fourth-order valence-corrected chi connectivity index (χ4v) is 3.79. The van der Waals surface area contributed by atoms with E-state index in [4.69, 9.17) is 15.1 Å². The van der Waals surface area contributed by atoms with E-state index in [-0.39, 0.29) is 6.10 Å². The molecule has 2 aliphatic rings. The van der Waals surface area contributed by atoms with Crippen LogP contribution in [0.1, 0.15) is 11.5 Å². The Morgan fingerprint density at radius 1 is 1.43 bits per heavy atom. The van der Waals surface area contributed by atoms with E-state index in [1.165, 1.54) is 6.20 Å². The summed E-state index contributed by atoms with van der Waals surface area (Å²) >= 11 is 0. The van der Waals surface area contributed by atoms with Gasteiger partial charge in [0, 0.05) is 31.9 Å². The first-order valence-corrected chi connectivity index (χ1v) is 8.99. The van der Waals surface area contributed by atoms with Gasteiger partial charge in [-0.3, -0.25) is 4.99 Å². The molecule has 0 saturated carbocycles. The van der Waals surface area contributed by atoms with Crippen molar-refractivity contribution < 1.29 is 9.37 Å². The van der Waals surface area contributed by atoms with Gasteiger partial charge in [-0.1, -0.05) is 12.1 Å². The standard InChI is InChI=1S/C19H21N7O2/c1-22-19-13(9-21)16(11-4-3-5-14-17(11)25-28-24-14)12(8-20)18(23-19)15-10-26(2)6-7-27-15/h3-5,9,15-16H,6-7,10,21H2,1-2H3,(H,22,23)/b13-9-. The zero-order chi connectivity index (χ0) is 19.7. The third-order valence-corrected chi connectivity index (χ3v) is 5.16. The Labute approximate surface area is 162 Å².